The van der Waals surface area contributed by atoms with Crippen molar-refractivity contribution in [3.63, 3.8) is 0 Å². The van der Waals surface area contributed by atoms with E-state index in [2.05, 4.69) is 0 Å². The van der Waals surface area contributed by atoms with Crippen LogP contribution in [0.1, 0.15) is 34.0 Å². The van der Waals surface area contributed by atoms with Crippen LogP contribution >= 0.6 is 0 Å². The molecule has 0 saturated carbocycles. The van der Waals surface area contributed by atoms with Crippen molar-refractivity contribution in [1.29, 1.82) is 5.26 Å². The Morgan fingerprint density at radius 1 is 1.24 bits per heavy atom. The largest absolute Gasteiger partial charge is 0.506 e. The number of nitrogens with zero attached hydrogens (tertiary/aromatic N) is 1. The molecule has 0 fully saturated rings. The second kappa shape index (κ2) is 6.10. The minimum Gasteiger partial charge on any atom is -0.506 e. The molecule has 2 rings (SSSR count). The number of carbonyl (C=O) groups is 1. The second-order valence-corrected chi connectivity index (χ2v) is 4.78. The molecule has 4 heteroatoms. The molecular weight excluding hydrogens is 266 g/mol. The molecular formula is C17H15NO3. The van der Waals surface area contributed by atoms with Gasteiger partial charge in [0.25, 0.3) is 0 Å². The van der Waals surface area contributed by atoms with Crippen LogP contribution in [0, 0.1) is 18.3 Å². The molecule has 0 aliphatic carbocycles. The minimum atomic E-state index is -0.327. The molecule has 0 heterocycles. The lowest BCUT2D eigenvalue weighted by Crippen LogP contribution is -2.00. The number of aryl methyl sites for hydroxylation is 1. The molecule has 0 saturated heterocycles. The highest BCUT2D eigenvalue weighted by Gasteiger charge is 2.16. The first-order chi connectivity index (χ1) is 10.0. The lowest BCUT2D eigenvalue weighted by molar-refractivity contribution is 0.101. The molecule has 0 atom stereocenters. The van der Waals surface area contributed by atoms with E-state index in [0.717, 1.165) is 11.1 Å². The predicted octanol–water partition coefficient (Wildman–Crippen LogP) is 3.35. The van der Waals surface area contributed by atoms with Gasteiger partial charge in [-0.05, 0) is 31.5 Å². The van der Waals surface area contributed by atoms with Crippen molar-refractivity contribution in [3.05, 3.63) is 58.7 Å². The van der Waals surface area contributed by atoms with Crippen LogP contribution in [-0.2, 0) is 6.61 Å². The molecule has 0 bridgehead atoms. The molecule has 0 aliphatic heterocycles. The summed E-state index contributed by atoms with van der Waals surface area (Å²) in [7, 11) is 0. The molecule has 0 aliphatic rings. The van der Waals surface area contributed by atoms with Crippen molar-refractivity contribution in [2.45, 2.75) is 20.5 Å². The van der Waals surface area contributed by atoms with Crippen molar-refractivity contribution in [3.8, 4) is 17.6 Å². The summed E-state index contributed by atoms with van der Waals surface area (Å²) < 4.78 is 5.58. The Morgan fingerprint density at radius 2 is 1.90 bits per heavy atom. The third kappa shape index (κ3) is 3.21. The van der Waals surface area contributed by atoms with Gasteiger partial charge in [-0.25, -0.2) is 0 Å². The van der Waals surface area contributed by atoms with E-state index in [1.54, 1.807) is 0 Å². The zero-order valence-electron chi connectivity index (χ0n) is 11.9. The van der Waals surface area contributed by atoms with Gasteiger partial charge in [-0.15, -0.1) is 0 Å². The molecule has 21 heavy (non-hydrogen) atoms. The van der Waals surface area contributed by atoms with Crippen molar-refractivity contribution >= 4 is 5.78 Å². The zero-order chi connectivity index (χ0) is 15.4. The fourth-order valence-corrected chi connectivity index (χ4v) is 1.93. The number of ketones is 1. The maximum absolute atomic E-state index is 11.3. The van der Waals surface area contributed by atoms with Crippen molar-refractivity contribution in [2.75, 3.05) is 0 Å². The van der Waals surface area contributed by atoms with Gasteiger partial charge in [0.2, 0.25) is 0 Å². The van der Waals surface area contributed by atoms with E-state index in [4.69, 9.17) is 10.00 Å². The van der Waals surface area contributed by atoms with Gasteiger partial charge >= 0.3 is 0 Å². The first-order valence-electron chi connectivity index (χ1n) is 6.48. The summed E-state index contributed by atoms with van der Waals surface area (Å²) in [5.41, 5.74) is 2.21. The summed E-state index contributed by atoms with van der Waals surface area (Å²) in [6, 6.07) is 12.7. The molecule has 0 aromatic heterocycles. The standard InChI is InChI=1S/C17H15NO3/c1-11-3-5-13(6-4-11)10-21-16-8-7-14(12(2)19)17(20)15(16)9-18/h3-8,20H,10H2,1-2H3. The summed E-state index contributed by atoms with van der Waals surface area (Å²) in [5, 5.41) is 19.1. The Balaban J connectivity index is 2.24. The van der Waals surface area contributed by atoms with Gasteiger partial charge in [0, 0.05) is 0 Å². The normalized spacial score (nSPS) is 9.95. The maximum atomic E-state index is 11.3. The van der Waals surface area contributed by atoms with Crippen LogP contribution in [0.15, 0.2) is 36.4 Å². The quantitative estimate of drug-likeness (QED) is 0.872. The fraction of sp³-hybridized carbons (Fsp3) is 0.176. The van der Waals surface area contributed by atoms with Crippen molar-refractivity contribution in [1.82, 2.24) is 0 Å². The number of rotatable bonds is 4. The number of hydrogen-bond acceptors (Lipinski definition) is 4. The first-order valence-corrected chi connectivity index (χ1v) is 6.48. The Morgan fingerprint density at radius 3 is 2.48 bits per heavy atom. The number of nitriles is 1. The lowest BCUT2D eigenvalue weighted by atomic mass is 10.1. The second-order valence-electron chi connectivity index (χ2n) is 4.78. The Labute approximate surface area is 123 Å². The number of aromatic hydroxyl groups is 1. The Bertz CT molecular complexity index is 712. The van der Waals surface area contributed by atoms with E-state index in [1.165, 1.54) is 19.1 Å². The van der Waals surface area contributed by atoms with Gasteiger partial charge in [0.1, 0.15) is 29.7 Å². The highest BCUT2D eigenvalue weighted by molar-refractivity contribution is 5.97. The molecule has 0 spiro atoms. The van der Waals surface area contributed by atoms with Gasteiger partial charge in [0.05, 0.1) is 5.56 Å². The zero-order valence-corrected chi connectivity index (χ0v) is 11.9. The molecule has 0 radical (unpaired) electrons. The number of phenols is 1. The van der Waals surface area contributed by atoms with Gasteiger partial charge in [-0.2, -0.15) is 5.26 Å². The summed E-state index contributed by atoms with van der Waals surface area (Å²) in [6.07, 6.45) is 0. The topological polar surface area (TPSA) is 70.3 Å². The van der Waals surface area contributed by atoms with Crippen LogP contribution in [0.25, 0.3) is 0 Å². The Kier molecular flexibility index (Phi) is 4.24. The average molecular weight is 281 g/mol. The van der Waals surface area contributed by atoms with E-state index in [9.17, 15) is 9.90 Å². The average Bonchev–Trinajstić information content (AvgIpc) is 2.46. The third-order valence-corrected chi connectivity index (χ3v) is 3.15. The van der Waals surface area contributed by atoms with Crippen LogP contribution in [0.4, 0.5) is 0 Å². The smallest absolute Gasteiger partial charge is 0.163 e. The molecule has 0 amide bonds. The first kappa shape index (κ1) is 14.6. The number of phenolic OH excluding ortho intramolecular Hbond substituents is 1. The predicted molar refractivity (Wildman–Crippen MR) is 78.3 cm³/mol. The SMILES string of the molecule is CC(=O)c1ccc(OCc2ccc(C)cc2)c(C#N)c1O. The lowest BCUT2D eigenvalue weighted by Gasteiger charge is -2.11. The fourth-order valence-electron chi connectivity index (χ4n) is 1.93. The van der Waals surface area contributed by atoms with Gasteiger partial charge in [-0.3, -0.25) is 4.79 Å². The summed E-state index contributed by atoms with van der Waals surface area (Å²) in [5.74, 6) is -0.360. The number of Topliss-reactive ketones (excluding diaryl/α,β-unsaturated/α-hetero) is 1. The van der Waals surface area contributed by atoms with Crippen LogP contribution in [0.3, 0.4) is 0 Å². The van der Waals surface area contributed by atoms with Crippen LogP contribution in [0.2, 0.25) is 0 Å². The summed E-state index contributed by atoms with van der Waals surface area (Å²) >= 11 is 0. The van der Waals surface area contributed by atoms with Crippen LogP contribution in [0.5, 0.6) is 11.5 Å². The number of hydrogen-bond donors (Lipinski definition) is 1. The minimum absolute atomic E-state index is 0.0187. The molecule has 2 aromatic carbocycles. The molecule has 4 nitrogen and oxygen atoms in total. The summed E-state index contributed by atoms with van der Waals surface area (Å²) in [6.45, 7) is 3.62. The Hall–Kier alpha value is -2.80. The molecule has 106 valence electrons. The van der Waals surface area contributed by atoms with E-state index in [0.29, 0.717) is 0 Å². The van der Waals surface area contributed by atoms with Crippen LogP contribution in [-0.4, -0.2) is 10.9 Å². The van der Waals surface area contributed by atoms with Crippen molar-refractivity contribution < 1.29 is 14.6 Å². The monoisotopic (exact) mass is 281 g/mol. The molecule has 0 unspecified atom stereocenters. The van der Waals surface area contributed by atoms with Gasteiger partial charge < -0.3 is 9.84 Å². The van der Waals surface area contributed by atoms with Gasteiger partial charge in [0.15, 0.2) is 5.78 Å². The molecule has 1 N–H and O–H groups in total. The van der Waals surface area contributed by atoms with E-state index in [1.807, 2.05) is 37.3 Å². The highest BCUT2D eigenvalue weighted by Crippen LogP contribution is 2.31. The highest BCUT2D eigenvalue weighted by atomic mass is 16.5. The number of ether oxygens (including phenoxy) is 1. The van der Waals surface area contributed by atoms with Gasteiger partial charge in [-0.1, -0.05) is 29.8 Å². The van der Waals surface area contributed by atoms with Crippen molar-refractivity contribution in [2.24, 2.45) is 0 Å². The summed E-state index contributed by atoms with van der Waals surface area (Å²) in [4.78, 5) is 11.3. The van der Waals surface area contributed by atoms with E-state index >= 15 is 0 Å². The van der Waals surface area contributed by atoms with Crippen LogP contribution < -0.4 is 4.74 Å². The molecule has 2 aromatic rings. The number of benzene rings is 2. The number of carbonyl (C=O) groups excluding carboxylic acids is 1. The maximum Gasteiger partial charge on any atom is 0.163 e. The third-order valence-electron chi connectivity index (χ3n) is 3.15. The van der Waals surface area contributed by atoms with E-state index < -0.39 is 0 Å². The van der Waals surface area contributed by atoms with E-state index in [-0.39, 0.29) is 35.0 Å².